The lowest BCUT2D eigenvalue weighted by Gasteiger charge is -2.27. The highest BCUT2D eigenvalue weighted by Crippen LogP contribution is 2.32. The fraction of sp³-hybridized carbons (Fsp3) is 0.381. The van der Waals surface area contributed by atoms with Crippen LogP contribution in [0.5, 0.6) is 11.5 Å². The first kappa shape index (κ1) is 22.0. The van der Waals surface area contributed by atoms with Crippen LogP contribution in [0.15, 0.2) is 42.5 Å². The molecule has 1 saturated heterocycles. The number of amides is 1. The third kappa shape index (κ3) is 5.14. The van der Waals surface area contributed by atoms with Crippen molar-refractivity contribution in [1.82, 2.24) is 10.6 Å². The van der Waals surface area contributed by atoms with Gasteiger partial charge in [-0.25, -0.2) is 4.39 Å². The smallest absolute Gasteiger partial charge is 0.225 e. The summed E-state index contributed by atoms with van der Waals surface area (Å²) < 4.78 is 24.7. The molecule has 0 bridgehead atoms. The fourth-order valence-electron chi connectivity index (χ4n) is 3.43. The molecular weight excluding hydrogens is 383 g/mol. The predicted molar refractivity (Wildman–Crippen MR) is 109 cm³/mol. The molecule has 2 atom stereocenters. The van der Waals surface area contributed by atoms with Crippen LogP contribution >= 0.6 is 12.4 Å². The number of rotatable bonds is 6. The van der Waals surface area contributed by atoms with Gasteiger partial charge in [0.05, 0.1) is 26.2 Å². The molecule has 0 aromatic heterocycles. The molecule has 1 amide bonds. The summed E-state index contributed by atoms with van der Waals surface area (Å²) in [7, 11) is 3.12. The van der Waals surface area contributed by atoms with E-state index in [0.717, 1.165) is 24.9 Å². The van der Waals surface area contributed by atoms with Gasteiger partial charge >= 0.3 is 0 Å². The predicted octanol–water partition coefficient (Wildman–Crippen LogP) is 3.47. The van der Waals surface area contributed by atoms with Crippen molar-refractivity contribution in [2.45, 2.75) is 18.9 Å². The molecule has 1 aliphatic rings. The van der Waals surface area contributed by atoms with Gasteiger partial charge in [-0.3, -0.25) is 4.79 Å². The molecular formula is C21H26ClFN2O3. The number of halogens is 2. The third-order valence-corrected chi connectivity index (χ3v) is 4.88. The molecule has 1 aliphatic heterocycles. The van der Waals surface area contributed by atoms with E-state index in [1.54, 1.807) is 13.2 Å². The minimum absolute atomic E-state index is 0. The van der Waals surface area contributed by atoms with Gasteiger partial charge in [0.1, 0.15) is 17.3 Å². The Morgan fingerprint density at radius 3 is 2.71 bits per heavy atom. The van der Waals surface area contributed by atoms with E-state index in [-0.39, 0.29) is 30.0 Å². The van der Waals surface area contributed by atoms with Gasteiger partial charge in [0, 0.05) is 12.1 Å². The molecule has 1 fully saturated rings. The summed E-state index contributed by atoms with van der Waals surface area (Å²) in [5.74, 6) is 0.646. The second kappa shape index (κ2) is 10.3. The van der Waals surface area contributed by atoms with Crippen LogP contribution in [0.1, 0.15) is 30.0 Å². The van der Waals surface area contributed by atoms with Gasteiger partial charge < -0.3 is 20.1 Å². The Morgan fingerprint density at radius 1 is 1.21 bits per heavy atom. The van der Waals surface area contributed by atoms with E-state index >= 15 is 0 Å². The Labute approximate surface area is 171 Å². The maximum atomic E-state index is 14.0. The van der Waals surface area contributed by atoms with Gasteiger partial charge in [0.15, 0.2) is 0 Å². The Hall–Kier alpha value is -2.31. The Balaban J connectivity index is 0.00000280. The number of benzene rings is 2. The quantitative estimate of drug-likeness (QED) is 0.768. The van der Waals surface area contributed by atoms with Crippen molar-refractivity contribution in [2.75, 3.05) is 27.3 Å². The van der Waals surface area contributed by atoms with Crippen molar-refractivity contribution in [3.05, 3.63) is 59.4 Å². The van der Waals surface area contributed by atoms with Crippen LogP contribution in [0, 0.1) is 11.7 Å². The summed E-state index contributed by atoms with van der Waals surface area (Å²) in [5.41, 5.74) is 1.37. The molecule has 0 radical (unpaired) electrons. The molecule has 5 nitrogen and oxygen atoms in total. The third-order valence-electron chi connectivity index (χ3n) is 4.88. The van der Waals surface area contributed by atoms with E-state index in [0.29, 0.717) is 23.6 Å². The monoisotopic (exact) mass is 408 g/mol. The molecule has 152 valence electrons. The number of nitrogens with one attached hydrogen (secondary N) is 2. The van der Waals surface area contributed by atoms with E-state index in [1.165, 1.54) is 19.2 Å². The van der Waals surface area contributed by atoms with E-state index in [1.807, 2.05) is 24.3 Å². The highest BCUT2D eigenvalue weighted by Gasteiger charge is 2.27. The summed E-state index contributed by atoms with van der Waals surface area (Å²) in [6.07, 6.45) is 1.80. The molecule has 3 rings (SSSR count). The van der Waals surface area contributed by atoms with Crippen LogP contribution in [0.3, 0.4) is 0 Å². The van der Waals surface area contributed by atoms with Crippen LogP contribution in [0.2, 0.25) is 0 Å². The molecule has 2 aromatic carbocycles. The van der Waals surface area contributed by atoms with E-state index < -0.39 is 6.04 Å². The second-order valence-corrected chi connectivity index (χ2v) is 6.65. The van der Waals surface area contributed by atoms with Gasteiger partial charge in [0.25, 0.3) is 0 Å². The minimum Gasteiger partial charge on any atom is -0.497 e. The number of piperidine rings is 1. The standard InChI is InChI=1S/C21H25FN2O3.ClH/c1-26-17-7-3-5-14(11-17)20(18-12-16(22)8-9-19(18)27-2)24-21(25)15-6-4-10-23-13-15;/h3,5,7-9,11-12,15,20,23H,4,6,10,13H2,1-2H3,(H,24,25);1H. The molecule has 7 heteroatoms. The molecule has 28 heavy (non-hydrogen) atoms. The summed E-state index contributed by atoms with van der Waals surface area (Å²) in [5, 5.41) is 6.34. The van der Waals surface area contributed by atoms with Crippen LogP contribution < -0.4 is 20.1 Å². The van der Waals surface area contributed by atoms with Crippen molar-refractivity contribution in [2.24, 2.45) is 5.92 Å². The average molecular weight is 409 g/mol. The van der Waals surface area contributed by atoms with Crippen molar-refractivity contribution >= 4 is 18.3 Å². The van der Waals surface area contributed by atoms with Gasteiger partial charge in [-0.15, -0.1) is 12.4 Å². The number of hydrogen-bond acceptors (Lipinski definition) is 4. The first-order valence-electron chi connectivity index (χ1n) is 9.11. The first-order chi connectivity index (χ1) is 13.1. The molecule has 1 heterocycles. The summed E-state index contributed by atoms with van der Waals surface area (Å²) >= 11 is 0. The first-order valence-corrected chi connectivity index (χ1v) is 9.11. The SMILES string of the molecule is COc1cccc(C(NC(=O)C2CCCNC2)c2cc(F)ccc2OC)c1.Cl. The average Bonchev–Trinajstić information content (AvgIpc) is 2.72. The number of hydrogen-bond donors (Lipinski definition) is 2. The van der Waals surface area contributed by atoms with Crippen molar-refractivity contribution < 1.29 is 18.7 Å². The van der Waals surface area contributed by atoms with Gasteiger partial charge in [-0.05, 0) is 55.3 Å². The Kier molecular flexibility index (Phi) is 8.08. The van der Waals surface area contributed by atoms with E-state index in [2.05, 4.69) is 10.6 Å². The molecule has 0 saturated carbocycles. The van der Waals surface area contributed by atoms with Gasteiger partial charge in [0.2, 0.25) is 5.91 Å². The minimum atomic E-state index is -0.542. The van der Waals surface area contributed by atoms with E-state index in [9.17, 15) is 9.18 Å². The van der Waals surface area contributed by atoms with Gasteiger partial charge in [-0.2, -0.15) is 0 Å². The van der Waals surface area contributed by atoms with Crippen LogP contribution in [-0.2, 0) is 4.79 Å². The lowest BCUT2D eigenvalue weighted by molar-refractivity contribution is -0.126. The lowest BCUT2D eigenvalue weighted by Crippen LogP contribution is -2.42. The maximum absolute atomic E-state index is 14.0. The zero-order valence-corrected chi connectivity index (χ0v) is 16.9. The normalized spacial score (nSPS) is 17.2. The number of carbonyl (C=O) groups is 1. The molecule has 2 aromatic rings. The Morgan fingerprint density at radius 2 is 2.04 bits per heavy atom. The molecule has 0 aliphatic carbocycles. The Bertz CT molecular complexity index is 797. The second-order valence-electron chi connectivity index (χ2n) is 6.65. The fourth-order valence-corrected chi connectivity index (χ4v) is 3.43. The summed E-state index contributed by atoms with van der Waals surface area (Å²) in [6, 6.07) is 11.2. The highest BCUT2D eigenvalue weighted by molar-refractivity contribution is 5.85. The van der Waals surface area contributed by atoms with Crippen molar-refractivity contribution in [1.29, 1.82) is 0 Å². The summed E-state index contributed by atoms with van der Waals surface area (Å²) in [4.78, 5) is 12.9. The zero-order valence-electron chi connectivity index (χ0n) is 16.0. The molecule has 0 spiro atoms. The number of carbonyl (C=O) groups excluding carboxylic acids is 1. The van der Waals surface area contributed by atoms with Crippen LogP contribution in [0.4, 0.5) is 4.39 Å². The van der Waals surface area contributed by atoms with Crippen LogP contribution in [-0.4, -0.2) is 33.2 Å². The highest BCUT2D eigenvalue weighted by atomic mass is 35.5. The van der Waals surface area contributed by atoms with E-state index in [4.69, 9.17) is 9.47 Å². The lowest BCUT2D eigenvalue weighted by atomic mass is 9.94. The molecule has 2 unspecified atom stereocenters. The van der Waals surface area contributed by atoms with Crippen LogP contribution in [0.25, 0.3) is 0 Å². The largest absolute Gasteiger partial charge is 0.497 e. The topological polar surface area (TPSA) is 59.6 Å². The van der Waals surface area contributed by atoms with Crippen molar-refractivity contribution in [3.8, 4) is 11.5 Å². The van der Waals surface area contributed by atoms with Crippen molar-refractivity contribution in [3.63, 3.8) is 0 Å². The van der Waals surface area contributed by atoms with Gasteiger partial charge in [-0.1, -0.05) is 12.1 Å². The number of ether oxygens (including phenoxy) is 2. The number of methoxy groups -OCH3 is 2. The molecule has 2 N–H and O–H groups in total. The maximum Gasteiger partial charge on any atom is 0.225 e. The zero-order chi connectivity index (χ0) is 19.2. The summed E-state index contributed by atoms with van der Waals surface area (Å²) in [6.45, 7) is 1.58.